The molecule has 5 heteroatoms. The van der Waals surface area contributed by atoms with Crippen molar-refractivity contribution in [1.82, 2.24) is 10.6 Å². The lowest BCUT2D eigenvalue weighted by atomic mass is 10.0. The summed E-state index contributed by atoms with van der Waals surface area (Å²) in [6, 6.07) is 0.439. The summed E-state index contributed by atoms with van der Waals surface area (Å²) in [6.07, 6.45) is 3.71. The first-order valence-corrected chi connectivity index (χ1v) is 7.64. The average molecular weight is 287 g/mol. The number of rotatable bonds is 11. The predicted octanol–water partition coefficient (Wildman–Crippen LogP) is 2.03. The molecule has 0 rings (SSSR count). The molecule has 0 aliphatic rings. The topological polar surface area (TPSA) is 54.9 Å². The van der Waals surface area contributed by atoms with Crippen LogP contribution in [-0.4, -0.2) is 52.5 Å². The first-order valence-electron chi connectivity index (χ1n) is 7.64. The zero-order valence-corrected chi connectivity index (χ0v) is 13.9. The summed E-state index contributed by atoms with van der Waals surface area (Å²) < 4.78 is 10.3. The second-order valence-corrected chi connectivity index (χ2v) is 5.47. The Bertz CT molecular complexity index is 245. The summed E-state index contributed by atoms with van der Waals surface area (Å²) in [7, 11) is 3.47. The number of nitrogens with one attached hydrogen (secondary N) is 2. The van der Waals surface area contributed by atoms with Gasteiger partial charge in [0, 0.05) is 26.7 Å². The quantitative estimate of drug-likeness (QED) is 0.347. The molecule has 120 valence electrons. The first-order chi connectivity index (χ1) is 9.60. The van der Waals surface area contributed by atoms with Gasteiger partial charge in [-0.15, -0.1) is 0 Å². The second-order valence-electron chi connectivity index (χ2n) is 5.47. The maximum Gasteiger partial charge on any atom is 0.191 e. The average Bonchev–Trinajstić information content (AvgIpc) is 2.40. The van der Waals surface area contributed by atoms with Gasteiger partial charge in [-0.2, -0.15) is 0 Å². The summed E-state index contributed by atoms with van der Waals surface area (Å²) in [6.45, 7) is 9.41. The highest BCUT2D eigenvalue weighted by Gasteiger charge is 2.05. The zero-order valence-electron chi connectivity index (χ0n) is 13.9. The molecule has 1 unspecified atom stereocenters. The van der Waals surface area contributed by atoms with Crippen LogP contribution in [0.1, 0.15) is 40.0 Å². The van der Waals surface area contributed by atoms with E-state index in [4.69, 9.17) is 9.47 Å². The molecule has 1 atom stereocenters. The van der Waals surface area contributed by atoms with E-state index < -0.39 is 0 Å². The van der Waals surface area contributed by atoms with Crippen LogP contribution in [0.4, 0.5) is 0 Å². The minimum atomic E-state index is 0.439. The highest BCUT2D eigenvalue weighted by Crippen LogP contribution is 2.07. The van der Waals surface area contributed by atoms with Gasteiger partial charge in [0.05, 0.1) is 19.8 Å². The molecule has 5 nitrogen and oxygen atoms in total. The fourth-order valence-electron chi connectivity index (χ4n) is 1.82. The predicted molar refractivity (Wildman–Crippen MR) is 85.3 cm³/mol. The third-order valence-corrected chi connectivity index (χ3v) is 3.00. The van der Waals surface area contributed by atoms with E-state index in [9.17, 15) is 0 Å². The molecule has 0 saturated carbocycles. The molecule has 0 aromatic heterocycles. The fraction of sp³-hybridized carbons (Fsp3) is 0.933. The normalized spacial score (nSPS) is 13.6. The molecule has 2 N–H and O–H groups in total. The van der Waals surface area contributed by atoms with Crippen molar-refractivity contribution in [2.75, 3.05) is 40.5 Å². The molecule has 20 heavy (non-hydrogen) atoms. The number of guanidine groups is 1. The summed E-state index contributed by atoms with van der Waals surface area (Å²) in [4.78, 5) is 4.22. The van der Waals surface area contributed by atoms with E-state index in [1.807, 2.05) is 0 Å². The number of hydrogen-bond donors (Lipinski definition) is 2. The molecule has 0 spiro atoms. The van der Waals surface area contributed by atoms with Crippen molar-refractivity contribution in [3.8, 4) is 0 Å². The Morgan fingerprint density at radius 3 is 2.45 bits per heavy atom. The van der Waals surface area contributed by atoms with Crippen molar-refractivity contribution in [3.63, 3.8) is 0 Å². The van der Waals surface area contributed by atoms with E-state index in [1.54, 1.807) is 14.2 Å². The smallest absolute Gasteiger partial charge is 0.191 e. The Balaban J connectivity index is 3.64. The van der Waals surface area contributed by atoms with Crippen molar-refractivity contribution >= 4 is 5.96 Å². The highest BCUT2D eigenvalue weighted by molar-refractivity contribution is 5.79. The first kappa shape index (κ1) is 19.2. The molecule has 0 radical (unpaired) electrons. The van der Waals surface area contributed by atoms with Gasteiger partial charge >= 0.3 is 0 Å². The summed E-state index contributed by atoms with van der Waals surface area (Å²) in [5, 5.41) is 6.65. The standard InChI is InChI=1S/C15H33N3O2/c1-13(2)7-6-8-14(3)18-15(16-4)17-9-10-20-12-11-19-5/h13-14H,6-12H2,1-5H3,(H2,16,17,18). The Morgan fingerprint density at radius 2 is 1.85 bits per heavy atom. The maximum absolute atomic E-state index is 5.39. The molecule has 0 aliphatic carbocycles. The lowest BCUT2D eigenvalue weighted by Gasteiger charge is -2.18. The van der Waals surface area contributed by atoms with Crippen LogP contribution in [0, 0.1) is 5.92 Å². The minimum absolute atomic E-state index is 0.439. The van der Waals surface area contributed by atoms with Gasteiger partial charge in [-0.05, 0) is 19.3 Å². The molecular formula is C15H33N3O2. The van der Waals surface area contributed by atoms with E-state index in [0.717, 1.165) is 18.4 Å². The largest absolute Gasteiger partial charge is 0.382 e. The van der Waals surface area contributed by atoms with Crippen molar-refractivity contribution in [2.24, 2.45) is 10.9 Å². The van der Waals surface area contributed by atoms with Crippen molar-refractivity contribution < 1.29 is 9.47 Å². The highest BCUT2D eigenvalue weighted by atomic mass is 16.5. The fourth-order valence-corrected chi connectivity index (χ4v) is 1.82. The van der Waals surface area contributed by atoms with Crippen LogP contribution in [-0.2, 0) is 9.47 Å². The van der Waals surface area contributed by atoms with E-state index in [-0.39, 0.29) is 0 Å². The lowest BCUT2D eigenvalue weighted by molar-refractivity contribution is 0.0733. The van der Waals surface area contributed by atoms with Crippen LogP contribution in [0.3, 0.4) is 0 Å². The molecule has 0 heterocycles. The third-order valence-electron chi connectivity index (χ3n) is 3.00. The Labute approximate surface area is 124 Å². The van der Waals surface area contributed by atoms with Crippen LogP contribution >= 0.6 is 0 Å². The molecule has 0 aromatic carbocycles. The number of ether oxygens (including phenoxy) is 2. The monoisotopic (exact) mass is 287 g/mol. The van der Waals surface area contributed by atoms with Crippen LogP contribution < -0.4 is 10.6 Å². The Hall–Kier alpha value is -0.810. The Morgan fingerprint density at radius 1 is 1.10 bits per heavy atom. The number of hydrogen-bond acceptors (Lipinski definition) is 3. The van der Waals surface area contributed by atoms with Crippen molar-refractivity contribution in [1.29, 1.82) is 0 Å². The number of nitrogens with zero attached hydrogens (tertiary/aromatic N) is 1. The summed E-state index contributed by atoms with van der Waals surface area (Å²) in [5.74, 6) is 1.63. The third kappa shape index (κ3) is 12.2. The van der Waals surface area contributed by atoms with Gasteiger partial charge in [0.2, 0.25) is 0 Å². The van der Waals surface area contributed by atoms with Crippen LogP contribution in [0.2, 0.25) is 0 Å². The number of aliphatic imine (C=N–C) groups is 1. The van der Waals surface area contributed by atoms with Crippen LogP contribution in [0.5, 0.6) is 0 Å². The maximum atomic E-state index is 5.39. The van der Waals surface area contributed by atoms with E-state index in [1.165, 1.54) is 19.3 Å². The van der Waals surface area contributed by atoms with Gasteiger partial charge in [0.25, 0.3) is 0 Å². The molecule has 0 fully saturated rings. The summed E-state index contributed by atoms with van der Waals surface area (Å²) in [5.41, 5.74) is 0. The number of methoxy groups -OCH3 is 1. The summed E-state index contributed by atoms with van der Waals surface area (Å²) >= 11 is 0. The zero-order chi connectivity index (χ0) is 15.2. The van der Waals surface area contributed by atoms with Crippen LogP contribution in [0.15, 0.2) is 4.99 Å². The van der Waals surface area contributed by atoms with Crippen molar-refractivity contribution in [3.05, 3.63) is 0 Å². The van der Waals surface area contributed by atoms with Gasteiger partial charge in [0.1, 0.15) is 0 Å². The molecule has 0 saturated heterocycles. The van der Waals surface area contributed by atoms with E-state index in [0.29, 0.717) is 25.9 Å². The van der Waals surface area contributed by atoms with E-state index >= 15 is 0 Å². The second kappa shape index (κ2) is 13.2. The lowest BCUT2D eigenvalue weighted by Crippen LogP contribution is -2.43. The molecule has 0 aromatic rings. The molecule has 0 aliphatic heterocycles. The van der Waals surface area contributed by atoms with Crippen LogP contribution in [0.25, 0.3) is 0 Å². The van der Waals surface area contributed by atoms with Gasteiger partial charge in [0.15, 0.2) is 5.96 Å². The minimum Gasteiger partial charge on any atom is -0.382 e. The van der Waals surface area contributed by atoms with Gasteiger partial charge in [-0.25, -0.2) is 0 Å². The molecule has 0 bridgehead atoms. The van der Waals surface area contributed by atoms with Crippen molar-refractivity contribution in [2.45, 2.75) is 46.1 Å². The van der Waals surface area contributed by atoms with Gasteiger partial charge in [-0.1, -0.05) is 26.7 Å². The SMILES string of the molecule is CN=C(NCCOCCOC)NC(C)CCCC(C)C. The molecule has 0 amide bonds. The Kier molecular flexibility index (Phi) is 12.7. The molecular weight excluding hydrogens is 254 g/mol. The van der Waals surface area contributed by atoms with Gasteiger partial charge in [-0.3, -0.25) is 4.99 Å². The van der Waals surface area contributed by atoms with Gasteiger partial charge < -0.3 is 20.1 Å². The van der Waals surface area contributed by atoms with E-state index in [2.05, 4.69) is 36.4 Å².